The van der Waals surface area contributed by atoms with Crippen molar-refractivity contribution in [3.8, 4) is 0 Å². The van der Waals surface area contributed by atoms with Crippen molar-refractivity contribution in [2.45, 2.75) is 25.4 Å². The maximum Gasteiger partial charge on any atom is 0.337 e. The zero-order valence-electron chi connectivity index (χ0n) is 12.4. The van der Waals surface area contributed by atoms with Gasteiger partial charge in [0.05, 0.1) is 12.7 Å². The zero-order chi connectivity index (χ0) is 14.5. The Morgan fingerprint density at radius 1 is 1.43 bits per heavy atom. The average Bonchev–Trinajstić information content (AvgIpc) is 2.49. The first-order valence-corrected chi connectivity index (χ1v) is 7.28. The van der Waals surface area contributed by atoms with Crippen LogP contribution in [-0.2, 0) is 11.3 Å². The average molecular weight is 333 g/mol. The third-order valence-electron chi connectivity index (χ3n) is 3.86. The number of hydrogen-bond donors (Lipinski definition) is 1. The number of rotatable bonds is 4. The Bertz CT molecular complexity index is 475. The summed E-state index contributed by atoms with van der Waals surface area (Å²) in [5.41, 5.74) is 1.54. The maximum atomic E-state index is 11.6. The van der Waals surface area contributed by atoms with Crippen molar-refractivity contribution in [3.05, 3.63) is 34.3 Å². The fourth-order valence-corrected chi connectivity index (χ4v) is 2.74. The molecule has 118 valence electrons. The molecule has 0 saturated carbocycles. The number of piperidine rings is 1. The van der Waals surface area contributed by atoms with Gasteiger partial charge < -0.3 is 10.1 Å². The number of carbonyl (C=O) groups is 1. The summed E-state index contributed by atoms with van der Waals surface area (Å²) in [5, 5.41) is 4.02. The van der Waals surface area contributed by atoms with E-state index in [-0.39, 0.29) is 18.4 Å². The summed E-state index contributed by atoms with van der Waals surface area (Å²) >= 11 is 6.23. The predicted molar refractivity (Wildman–Crippen MR) is 87.4 cm³/mol. The molecule has 0 radical (unpaired) electrons. The molecule has 0 aromatic heterocycles. The molecule has 1 aromatic rings. The summed E-state index contributed by atoms with van der Waals surface area (Å²) in [7, 11) is 3.40. The molecule has 4 nitrogen and oxygen atoms in total. The second-order valence-corrected chi connectivity index (χ2v) is 5.54. The number of ether oxygens (including phenoxy) is 1. The first-order chi connectivity index (χ1) is 9.63. The van der Waals surface area contributed by atoms with Gasteiger partial charge in [-0.25, -0.2) is 4.79 Å². The van der Waals surface area contributed by atoms with Crippen LogP contribution in [0.5, 0.6) is 0 Å². The van der Waals surface area contributed by atoms with Crippen LogP contribution in [0.15, 0.2) is 18.2 Å². The lowest BCUT2D eigenvalue weighted by molar-refractivity contribution is 0.0600. The minimum Gasteiger partial charge on any atom is -0.465 e. The molecule has 1 N–H and O–H groups in total. The summed E-state index contributed by atoms with van der Waals surface area (Å²) in [6.07, 6.45) is 2.29. The van der Waals surface area contributed by atoms with Gasteiger partial charge in [0.1, 0.15) is 0 Å². The fraction of sp³-hybridized carbons (Fsp3) is 0.533. The SMILES string of the molecule is CNC1CCN(Cc2cc(C(=O)OC)ccc2Cl)CC1.Cl. The highest BCUT2D eigenvalue weighted by Crippen LogP contribution is 2.22. The highest BCUT2D eigenvalue weighted by Gasteiger charge is 2.19. The normalized spacial score (nSPS) is 16.3. The second kappa shape index (κ2) is 8.59. The topological polar surface area (TPSA) is 41.6 Å². The predicted octanol–water partition coefficient (Wildman–Crippen LogP) is 2.73. The molecule has 1 fully saturated rings. The molecule has 0 amide bonds. The van der Waals surface area contributed by atoms with Crippen LogP contribution in [0.25, 0.3) is 0 Å². The maximum absolute atomic E-state index is 11.6. The molecular weight excluding hydrogens is 311 g/mol. The van der Waals surface area contributed by atoms with Gasteiger partial charge in [-0.1, -0.05) is 11.6 Å². The van der Waals surface area contributed by atoms with Crippen molar-refractivity contribution in [1.82, 2.24) is 10.2 Å². The fourth-order valence-electron chi connectivity index (χ4n) is 2.56. The lowest BCUT2D eigenvalue weighted by atomic mass is 10.0. The molecule has 1 saturated heterocycles. The Hall–Kier alpha value is -0.810. The molecule has 2 rings (SSSR count). The van der Waals surface area contributed by atoms with E-state index in [1.165, 1.54) is 7.11 Å². The Balaban J connectivity index is 0.00000220. The van der Waals surface area contributed by atoms with Gasteiger partial charge in [-0.05, 0) is 56.7 Å². The monoisotopic (exact) mass is 332 g/mol. The lowest BCUT2D eigenvalue weighted by Gasteiger charge is -2.32. The van der Waals surface area contributed by atoms with Gasteiger partial charge in [0.15, 0.2) is 0 Å². The van der Waals surface area contributed by atoms with Gasteiger partial charge in [-0.15, -0.1) is 12.4 Å². The van der Waals surface area contributed by atoms with E-state index in [0.717, 1.165) is 38.0 Å². The van der Waals surface area contributed by atoms with Crippen LogP contribution < -0.4 is 5.32 Å². The third-order valence-corrected chi connectivity index (χ3v) is 4.23. The van der Waals surface area contributed by atoms with E-state index in [1.54, 1.807) is 12.1 Å². The molecule has 1 aliphatic heterocycles. The molecule has 1 aliphatic rings. The number of likely N-dealkylation sites (tertiary alicyclic amines) is 1. The minimum absolute atomic E-state index is 0. The quantitative estimate of drug-likeness (QED) is 0.861. The van der Waals surface area contributed by atoms with Crippen LogP contribution in [0, 0.1) is 0 Å². The van der Waals surface area contributed by atoms with Crippen molar-refractivity contribution in [2.75, 3.05) is 27.2 Å². The summed E-state index contributed by atoms with van der Waals surface area (Å²) in [6.45, 7) is 2.87. The van der Waals surface area contributed by atoms with Gasteiger partial charge in [0.25, 0.3) is 0 Å². The second-order valence-electron chi connectivity index (χ2n) is 5.14. The first-order valence-electron chi connectivity index (χ1n) is 6.90. The van der Waals surface area contributed by atoms with E-state index < -0.39 is 0 Å². The van der Waals surface area contributed by atoms with Crippen molar-refractivity contribution in [1.29, 1.82) is 0 Å². The third kappa shape index (κ3) is 4.85. The van der Waals surface area contributed by atoms with Crippen molar-refractivity contribution < 1.29 is 9.53 Å². The lowest BCUT2D eigenvalue weighted by Crippen LogP contribution is -2.40. The molecule has 0 spiro atoms. The van der Waals surface area contributed by atoms with Gasteiger partial charge in [0, 0.05) is 17.6 Å². The molecular formula is C15H22Cl2N2O2. The number of nitrogens with one attached hydrogen (secondary N) is 1. The van der Waals surface area contributed by atoms with E-state index in [9.17, 15) is 4.79 Å². The van der Waals surface area contributed by atoms with Crippen molar-refractivity contribution in [3.63, 3.8) is 0 Å². The van der Waals surface area contributed by atoms with Gasteiger partial charge in [-0.3, -0.25) is 4.90 Å². The number of methoxy groups -OCH3 is 1. The Morgan fingerprint density at radius 2 is 2.10 bits per heavy atom. The smallest absolute Gasteiger partial charge is 0.337 e. The minimum atomic E-state index is -0.322. The van der Waals surface area contributed by atoms with Crippen LogP contribution in [0.4, 0.5) is 0 Å². The Kier molecular flexibility index (Phi) is 7.46. The number of carbonyl (C=O) groups excluding carboxylic acids is 1. The van der Waals surface area contributed by atoms with Crippen LogP contribution in [-0.4, -0.2) is 44.2 Å². The highest BCUT2D eigenvalue weighted by molar-refractivity contribution is 6.31. The summed E-state index contributed by atoms with van der Waals surface area (Å²) in [6, 6.07) is 5.91. The van der Waals surface area contributed by atoms with E-state index in [1.807, 2.05) is 13.1 Å². The van der Waals surface area contributed by atoms with Crippen LogP contribution in [0.2, 0.25) is 5.02 Å². The molecule has 1 aromatic carbocycles. The molecule has 1 heterocycles. The number of nitrogens with zero attached hydrogens (tertiary/aromatic N) is 1. The van der Waals surface area contributed by atoms with Crippen LogP contribution in [0.1, 0.15) is 28.8 Å². The van der Waals surface area contributed by atoms with Crippen LogP contribution >= 0.6 is 24.0 Å². The van der Waals surface area contributed by atoms with Gasteiger partial charge in [-0.2, -0.15) is 0 Å². The molecule has 6 heteroatoms. The largest absolute Gasteiger partial charge is 0.465 e. The zero-order valence-corrected chi connectivity index (χ0v) is 14.0. The van der Waals surface area contributed by atoms with Crippen molar-refractivity contribution >= 4 is 30.0 Å². The van der Waals surface area contributed by atoms with Gasteiger partial charge in [0.2, 0.25) is 0 Å². The first kappa shape index (κ1) is 18.2. The molecule has 21 heavy (non-hydrogen) atoms. The van der Waals surface area contributed by atoms with E-state index >= 15 is 0 Å². The van der Waals surface area contributed by atoms with Crippen LogP contribution in [0.3, 0.4) is 0 Å². The number of halogens is 2. The van der Waals surface area contributed by atoms with Gasteiger partial charge >= 0.3 is 5.97 Å². The summed E-state index contributed by atoms with van der Waals surface area (Å²) in [5.74, 6) is -0.322. The molecule has 0 bridgehead atoms. The molecule has 0 aliphatic carbocycles. The molecule has 0 atom stereocenters. The number of esters is 1. The standard InChI is InChI=1S/C15H21ClN2O2.ClH/c1-17-13-5-7-18(8-6-13)10-12-9-11(15(19)20-2)3-4-14(12)16;/h3-4,9,13,17H,5-8,10H2,1-2H3;1H. The molecule has 0 unspecified atom stereocenters. The van der Waals surface area contributed by atoms with Crippen molar-refractivity contribution in [2.24, 2.45) is 0 Å². The number of hydrogen-bond acceptors (Lipinski definition) is 4. The van der Waals surface area contributed by atoms with E-state index in [0.29, 0.717) is 16.6 Å². The number of benzene rings is 1. The Morgan fingerprint density at radius 3 is 2.67 bits per heavy atom. The summed E-state index contributed by atoms with van der Waals surface area (Å²) < 4.78 is 4.75. The Labute approximate surface area is 137 Å². The van der Waals surface area contributed by atoms with E-state index in [2.05, 4.69) is 10.2 Å². The van der Waals surface area contributed by atoms with E-state index in [4.69, 9.17) is 16.3 Å². The summed E-state index contributed by atoms with van der Waals surface area (Å²) in [4.78, 5) is 13.9. The highest BCUT2D eigenvalue weighted by atomic mass is 35.5.